The van der Waals surface area contributed by atoms with Crippen LogP contribution in [0, 0.1) is 13.8 Å². The van der Waals surface area contributed by atoms with Crippen LogP contribution in [-0.2, 0) is 0 Å². The van der Waals surface area contributed by atoms with Crippen molar-refractivity contribution in [3.05, 3.63) is 69.6 Å². The van der Waals surface area contributed by atoms with Gasteiger partial charge in [0.25, 0.3) is 0 Å². The van der Waals surface area contributed by atoms with Gasteiger partial charge in [0, 0.05) is 16.4 Å². The number of halogens is 1. The Bertz CT molecular complexity index is 998. The van der Waals surface area contributed by atoms with Gasteiger partial charge >= 0.3 is 0 Å². The van der Waals surface area contributed by atoms with Crippen LogP contribution in [-0.4, -0.2) is 9.38 Å². The van der Waals surface area contributed by atoms with Gasteiger partial charge in [-0.25, -0.2) is 4.98 Å². The van der Waals surface area contributed by atoms with Crippen LogP contribution in [0.2, 0.25) is 0 Å². The first-order chi connectivity index (χ1) is 11.6. The fourth-order valence-electron chi connectivity index (χ4n) is 2.85. The van der Waals surface area contributed by atoms with E-state index in [2.05, 4.69) is 81.4 Å². The molecule has 0 aliphatic rings. The number of imidazole rings is 1. The summed E-state index contributed by atoms with van der Waals surface area (Å²) < 4.78 is 3.13. The largest absolute Gasteiger partial charge is 0.339 e. The van der Waals surface area contributed by atoms with Gasteiger partial charge in [0.2, 0.25) is 0 Å². The monoisotopic (exact) mass is 397 g/mol. The van der Waals surface area contributed by atoms with Gasteiger partial charge in [0.15, 0.2) is 0 Å². The highest BCUT2D eigenvalue weighted by molar-refractivity contribution is 9.10. The molecule has 24 heavy (non-hydrogen) atoms. The van der Waals surface area contributed by atoms with Gasteiger partial charge in [0.05, 0.1) is 4.88 Å². The second-order valence-electron chi connectivity index (χ2n) is 5.75. The van der Waals surface area contributed by atoms with Gasteiger partial charge < -0.3 is 5.32 Å². The molecular weight excluding hydrogens is 382 g/mol. The molecule has 3 aromatic heterocycles. The van der Waals surface area contributed by atoms with Crippen LogP contribution in [0.3, 0.4) is 0 Å². The minimum Gasteiger partial charge on any atom is -0.339 e. The predicted molar refractivity (Wildman–Crippen MR) is 105 cm³/mol. The Kier molecular flexibility index (Phi) is 3.90. The number of hydrogen-bond donors (Lipinski definition) is 1. The minimum atomic E-state index is 0.926. The number of nitrogens with zero attached hydrogens (tertiary/aromatic N) is 2. The van der Waals surface area contributed by atoms with Crippen LogP contribution in [0.4, 0.5) is 11.5 Å². The van der Waals surface area contributed by atoms with Crippen LogP contribution in [0.1, 0.15) is 11.1 Å². The van der Waals surface area contributed by atoms with E-state index in [1.54, 1.807) is 11.3 Å². The lowest BCUT2D eigenvalue weighted by molar-refractivity contribution is 1.17. The molecule has 0 aliphatic carbocycles. The van der Waals surface area contributed by atoms with E-state index >= 15 is 0 Å². The lowest BCUT2D eigenvalue weighted by atomic mass is 10.1. The standard InChI is InChI=1S/C19H16BrN3S/c1-12-5-3-6-13(2)17(12)22-19-18(15-7-4-10-24-15)21-16-9-8-14(20)11-23(16)19/h3-11,22H,1-2H3. The minimum absolute atomic E-state index is 0.926. The molecule has 4 aromatic rings. The number of nitrogens with one attached hydrogen (secondary N) is 1. The third-order valence-corrected chi connectivity index (χ3v) is 5.41. The SMILES string of the molecule is Cc1cccc(C)c1Nc1c(-c2cccs2)nc2ccc(Br)cn12. The van der Waals surface area contributed by atoms with E-state index in [-0.39, 0.29) is 0 Å². The normalized spacial score (nSPS) is 11.1. The lowest BCUT2D eigenvalue weighted by Crippen LogP contribution is -2.00. The van der Waals surface area contributed by atoms with E-state index in [0.29, 0.717) is 0 Å². The van der Waals surface area contributed by atoms with Crippen LogP contribution in [0.5, 0.6) is 0 Å². The van der Waals surface area contributed by atoms with Gasteiger partial charge in [-0.2, -0.15) is 0 Å². The van der Waals surface area contributed by atoms with E-state index in [1.165, 1.54) is 11.1 Å². The molecule has 1 aromatic carbocycles. The molecule has 0 bridgehead atoms. The number of aryl methyl sites for hydroxylation is 2. The van der Waals surface area contributed by atoms with Gasteiger partial charge in [0.1, 0.15) is 17.2 Å². The van der Waals surface area contributed by atoms with Crippen molar-refractivity contribution in [3.8, 4) is 10.6 Å². The molecule has 1 N–H and O–H groups in total. The third kappa shape index (κ3) is 2.64. The summed E-state index contributed by atoms with van der Waals surface area (Å²) >= 11 is 5.27. The average Bonchev–Trinajstić information content (AvgIpc) is 3.18. The summed E-state index contributed by atoms with van der Waals surface area (Å²) in [5.41, 5.74) is 5.48. The van der Waals surface area contributed by atoms with Crippen molar-refractivity contribution in [2.75, 3.05) is 5.32 Å². The summed E-state index contributed by atoms with van der Waals surface area (Å²) in [6.07, 6.45) is 2.05. The first kappa shape index (κ1) is 15.4. The van der Waals surface area contributed by atoms with Crippen molar-refractivity contribution >= 4 is 44.4 Å². The fraction of sp³-hybridized carbons (Fsp3) is 0.105. The summed E-state index contributed by atoms with van der Waals surface area (Å²) in [5.74, 6) is 0.992. The van der Waals surface area contributed by atoms with Gasteiger partial charge in [-0.15, -0.1) is 11.3 Å². The number of rotatable bonds is 3. The van der Waals surface area contributed by atoms with Crippen LogP contribution in [0.15, 0.2) is 58.5 Å². The number of hydrogen-bond acceptors (Lipinski definition) is 3. The lowest BCUT2D eigenvalue weighted by Gasteiger charge is -2.13. The summed E-state index contributed by atoms with van der Waals surface area (Å²) in [6, 6.07) is 14.5. The Morgan fingerprint density at radius 1 is 1.04 bits per heavy atom. The number of fused-ring (bicyclic) bond motifs is 1. The number of thiophene rings is 1. The first-order valence-electron chi connectivity index (χ1n) is 7.68. The molecule has 0 amide bonds. The number of benzene rings is 1. The maximum absolute atomic E-state index is 4.84. The summed E-state index contributed by atoms with van der Waals surface area (Å²) in [5, 5.41) is 5.72. The molecule has 0 spiro atoms. The Labute approximate surface area is 153 Å². The Balaban J connectivity index is 1.95. The van der Waals surface area contributed by atoms with Crippen molar-refractivity contribution in [1.29, 1.82) is 0 Å². The zero-order chi connectivity index (χ0) is 16.7. The van der Waals surface area contributed by atoms with E-state index in [4.69, 9.17) is 4.98 Å². The molecule has 0 saturated carbocycles. The topological polar surface area (TPSA) is 29.3 Å². The van der Waals surface area contributed by atoms with E-state index < -0.39 is 0 Å². The maximum atomic E-state index is 4.84. The van der Waals surface area contributed by atoms with Crippen molar-refractivity contribution in [1.82, 2.24) is 9.38 Å². The van der Waals surface area contributed by atoms with Crippen LogP contribution < -0.4 is 5.32 Å². The molecule has 4 rings (SSSR count). The Hall–Kier alpha value is -2.11. The van der Waals surface area contributed by atoms with E-state index in [1.807, 2.05) is 12.1 Å². The van der Waals surface area contributed by atoms with Crippen molar-refractivity contribution in [3.63, 3.8) is 0 Å². The Morgan fingerprint density at radius 2 is 1.83 bits per heavy atom. The highest BCUT2D eigenvalue weighted by Gasteiger charge is 2.16. The van der Waals surface area contributed by atoms with Crippen LogP contribution >= 0.6 is 27.3 Å². The summed E-state index contributed by atoms with van der Waals surface area (Å²) in [7, 11) is 0. The zero-order valence-corrected chi connectivity index (χ0v) is 15.8. The van der Waals surface area contributed by atoms with Crippen molar-refractivity contribution in [2.24, 2.45) is 0 Å². The molecule has 0 aliphatic heterocycles. The molecule has 0 atom stereocenters. The van der Waals surface area contributed by atoms with Gasteiger partial charge in [-0.3, -0.25) is 4.40 Å². The quantitative estimate of drug-likeness (QED) is 0.446. The molecule has 0 fully saturated rings. The molecule has 120 valence electrons. The second-order valence-corrected chi connectivity index (χ2v) is 7.62. The number of para-hydroxylation sites is 1. The average molecular weight is 398 g/mol. The zero-order valence-electron chi connectivity index (χ0n) is 13.4. The summed E-state index contributed by atoms with van der Waals surface area (Å²) in [4.78, 5) is 6.00. The fourth-order valence-corrected chi connectivity index (χ4v) is 3.91. The molecule has 5 heteroatoms. The van der Waals surface area contributed by atoms with Crippen LogP contribution in [0.25, 0.3) is 16.2 Å². The smallest absolute Gasteiger partial charge is 0.144 e. The third-order valence-electron chi connectivity index (χ3n) is 4.06. The van der Waals surface area contributed by atoms with Gasteiger partial charge in [-0.05, 0) is 64.5 Å². The molecule has 3 nitrogen and oxygen atoms in total. The van der Waals surface area contributed by atoms with Crippen molar-refractivity contribution < 1.29 is 0 Å². The van der Waals surface area contributed by atoms with Gasteiger partial charge in [-0.1, -0.05) is 24.3 Å². The maximum Gasteiger partial charge on any atom is 0.144 e. The molecular formula is C19H16BrN3S. The Morgan fingerprint density at radius 3 is 2.54 bits per heavy atom. The predicted octanol–water partition coefficient (Wildman–Crippen LogP) is 6.19. The molecule has 0 unspecified atom stereocenters. The van der Waals surface area contributed by atoms with Crippen molar-refractivity contribution in [2.45, 2.75) is 13.8 Å². The molecule has 0 saturated heterocycles. The second kappa shape index (κ2) is 6.07. The first-order valence-corrected chi connectivity index (χ1v) is 9.35. The summed E-state index contributed by atoms with van der Waals surface area (Å²) in [6.45, 7) is 4.25. The number of pyridine rings is 1. The van der Waals surface area contributed by atoms with E-state index in [9.17, 15) is 0 Å². The highest BCUT2D eigenvalue weighted by Crippen LogP contribution is 2.35. The number of aromatic nitrogens is 2. The molecule has 0 radical (unpaired) electrons. The highest BCUT2D eigenvalue weighted by atomic mass is 79.9. The molecule has 3 heterocycles. The number of anilines is 2. The van der Waals surface area contributed by atoms with E-state index in [0.717, 1.165) is 32.2 Å².